The summed E-state index contributed by atoms with van der Waals surface area (Å²) in [5, 5.41) is 3.18. The molecule has 3 aromatic heterocycles. The van der Waals surface area contributed by atoms with Crippen LogP contribution in [-0.4, -0.2) is 19.9 Å². The van der Waals surface area contributed by atoms with Crippen molar-refractivity contribution in [1.82, 2.24) is 19.9 Å². The number of H-pyrrole nitrogens is 1. The number of rotatable bonds is 1. The summed E-state index contributed by atoms with van der Waals surface area (Å²) < 4.78 is 0. The highest BCUT2D eigenvalue weighted by Crippen LogP contribution is 2.34. The molecule has 0 radical (unpaired) electrons. The fourth-order valence-electron chi connectivity index (χ4n) is 2.93. The molecule has 0 saturated carbocycles. The molecule has 0 bridgehead atoms. The third-order valence-electron chi connectivity index (χ3n) is 3.92. The summed E-state index contributed by atoms with van der Waals surface area (Å²) in [5.74, 6) is 2.30. The van der Waals surface area contributed by atoms with E-state index < -0.39 is 0 Å². The molecule has 4 heterocycles. The van der Waals surface area contributed by atoms with Gasteiger partial charge in [-0.25, -0.2) is 15.0 Å². The van der Waals surface area contributed by atoms with Crippen LogP contribution in [0.15, 0.2) is 10.2 Å². The van der Waals surface area contributed by atoms with Crippen molar-refractivity contribution in [2.24, 2.45) is 0 Å². The van der Waals surface area contributed by atoms with Crippen molar-refractivity contribution in [1.29, 1.82) is 0 Å². The zero-order chi connectivity index (χ0) is 15.4. The number of nitrogens with one attached hydrogen (secondary N) is 1. The van der Waals surface area contributed by atoms with E-state index in [9.17, 15) is 4.79 Å². The topological polar surface area (TPSA) is 74.8 Å². The standard InChI is InChI=1S/C15H15N5OS/c1-7-6-22-15-12(7)13(17-9(3)19-15)20-4-10-11(5-20)16-8(2)18-14(10)21/h6H,4-5H2,1-3H3,(H,16,18,21). The number of aryl methyl sites for hydroxylation is 3. The average molecular weight is 313 g/mol. The second-order valence-corrected chi connectivity index (χ2v) is 6.48. The molecule has 0 fully saturated rings. The average Bonchev–Trinajstić information content (AvgIpc) is 3.02. The summed E-state index contributed by atoms with van der Waals surface area (Å²) in [6.45, 7) is 6.93. The Kier molecular flexibility index (Phi) is 2.80. The predicted octanol–water partition coefficient (Wildman–Crippen LogP) is 2.22. The predicted molar refractivity (Wildman–Crippen MR) is 86.4 cm³/mol. The van der Waals surface area contributed by atoms with Crippen molar-refractivity contribution in [3.05, 3.63) is 44.2 Å². The van der Waals surface area contributed by atoms with Gasteiger partial charge in [0.15, 0.2) is 0 Å². The van der Waals surface area contributed by atoms with E-state index in [-0.39, 0.29) is 5.56 Å². The maximum Gasteiger partial charge on any atom is 0.256 e. The lowest BCUT2D eigenvalue weighted by Crippen LogP contribution is -2.19. The summed E-state index contributed by atoms with van der Waals surface area (Å²) >= 11 is 1.63. The van der Waals surface area contributed by atoms with E-state index in [2.05, 4.69) is 37.1 Å². The van der Waals surface area contributed by atoms with Crippen LogP contribution in [0.25, 0.3) is 10.2 Å². The van der Waals surface area contributed by atoms with E-state index in [0.717, 1.165) is 33.1 Å². The molecule has 1 aliphatic rings. The van der Waals surface area contributed by atoms with Crippen LogP contribution < -0.4 is 10.5 Å². The van der Waals surface area contributed by atoms with E-state index in [1.165, 1.54) is 5.56 Å². The molecule has 0 atom stereocenters. The smallest absolute Gasteiger partial charge is 0.256 e. The van der Waals surface area contributed by atoms with Crippen LogP contribution in [0.1, 0.15) is 28.5 Å². The summed E-state index contributed by atoms with van der Waals surface area (Å²) in [7, 11) is 0. The van der Waals surface area contributed by atoms with Gasteiger partial charge in [-0.15, -0.1) is 11.3 Å². The summed E-state index contributed by atoms with van der Waals surface area (Å²) in [6, 6.07) is 0. The van der Waals surface area contributed by atoms with Gasteiger partial charge in [0.1, 0.15) is 22.3 Å². The van der Waals surface area contributed by atoms with Crippen LogP contribution in [0.3, 0.4) is 0 Å². The number of fused-ring (bicyclic) bond motifs is 2. The van der Waals surface area contributed by atoms with Gasteiger partial charge < -0.3 is 9.88 Å². The summed E-state index contributed by atoms with van der Waals surface area (Å²) in [6.07, 6.45) is 0. The molecule has 3 aromatic rings. The fourth-order valence-corrected chi connectivity index (χ4v) is 3.90. The highest BCUT2D eigenvalue weighted by atomic mass is 32.1. The largest absolute Gasteiger partial charge is 0.345 e. The molecule has 0 unspecified atom stereocenters. The molecule has 22 heavy (non-hydrogen) atoms. The summed E-state index contributed by atoms with van der Waals surface area (Å²) in [5.41, 5.74) is 2.71. The van der Waals surface area contributed by atoms with Crippen LogP contribution in [0.5, 0.6) is 0 Å². The van der Waals surface area contributed by atoms with Gasteiger partial charge in [0.25, 0.3) is 5.56 Å². The van der Waals surface area contributed by atoms with Crippen LogP contribution in [0.2, 0.25) is 0 Å². The van der Waals surface area contributed by atoms with Crippen molar-refractivity contribution >= 4 is 27.4 Å². The van der Waals surface area contributed by atoms with Gasteiger partial charge in [0.2, 0.25) is 0 Å². The molecule has 6 nitrogen and oxygen atoms in total. The Labute approximate surface area is 130 Å². The van der Waals surface area contributed by atoms with Gasteiger partial charge in [0, 0.05) is 0 Å². The molecular weight excluding hydrogens is 298 g/mol. The molecule has 0 spiro atoms. The third-order valence-corrected chi connectivity index (χ3v) is 4.91. The zero-order valence-corrected chi connectivity index (χ0v) is 13.4. The van der Waals surface area contributed by atoms with Gasteiger partial charge in [-0.05, 0) is 31.7 Å². The first-order chi connectivity index (χ1) is 10.5. The quantitative estimate of drug-likeness (QED) is 0.745. The lowest BCUT2D eigenvalue weighted by Gasteiger charge is -2.17. The molecule has 0 aliphatic carbocycles. The van der Waals surface area contributed by atoms with Crippen LogP contribution in [0.4, 0.5) is 5.82 Å². The highest BCUT2D eigenvalue weighted by molar-refractivity contribution is 7.17. The second-order valence-electron chi connectivity index (χ2n) is 5.63. The highest BCUT2D eigenvalue weighted by Gasteiger charge is 2.27. The van der Waals surface area contributed by atoms with Crippen molar-refractivity contribution in [2.45, 2.75) is 33.9 Å². The molecule has 0 saturated heterocycles. The number of nitrogens with zero attached hydrogens (tertiary/aromatic N) is 4. The monoisotopic (exact) mass is 313 g/mol. The van der Waals surface area contributed by atoms with Crippen molar-refractivity contribution in [3.63, 3.8) is 0 Å². The van der Waals surface area contributed by atoms with Gasteiger partial charge in [0.05, 0.1) is 29.7 Å². The van der Waals surface area contributed by atoms with E-state index in [1.807, 2.05) is 6.92 Å². The minimum atomic E-state index is -0.0472. The van der Waals surface area contributed by atoms with Crippen LogP contribution in [0, 0.1) is 20.8 Å². The van der Waals surface area contributed by atoms with E-state index in [1.54, 1.807) is 18.3 Å². The number of hydrogen-bond acceptors (Lipinski definition) is 6. The molecule has 112 valence electrons. The number of hydrogen-bond donors (Lipinski definition) is 1. The Morgan fingerprint density at radius 2 is 2.00 bits per heavy atom. The molecule has 4 rings (SSSR count). The van der Waals surface area contributed by atoms with E-state index in [4.69, 9.17) is 0 Å². The molecule has 0 aromatic carbocycles. The fraction of sp³-hybridized carbons (Fsp3) is 0.333. The van der Waals surface area contributed by atoms with Gasteiger partial charge in [-0.2, -0.15) is 0 Å². The van der Waals surface area contributed by atoms with Crippen LogP contribution >= 0.6 is 11.3 Å². The van der Waals surface area contributed by atoms with Gasteiger partial charge in [-0.1, -0.05) is 0 Å². The SMILES string of the molecule is Cc1nc(N2Cc3nc(C)[nH]c(=O)c3C2)c2c(C)csc2n1. The molecule has 0 amide bonds. The first kappa shape index (κ1) is 13.4. The Morgan fingerprint density at radius 1 is 1.18 bits per heavy atom. The van der Waals surface area contributed by atoms with E-state index >= 15 is 0 Å². The van der Waals surface area contributed by atoms with Crippen LogP contribution in [-0.2, 0) is 13.1 Å². The minimum absolute atomic E-state index is 0.0472. The maximum atomic E-state index is 12.1. The summed E-state index contributed by atoms with van der Waals surface area (Å²) in [4.78, 5) is 31.6. The second kappa shape index (κ2) is 4.61. The third kappa shape index (κ3) is 1.93. The Balaban J connectivity index is 1.87. The lowest BCUT2D eigenvalue weighted by molar-refractivity contribution is 0.842. The van der Waals surface area contributed by atoms with Gasteiger partial charge in [-0.3, -0.25) is 4.79 Å². The Morgan fingerprint density at radius 3 is 2.82 bits per heavy atom. The minimum Gasteiger partial charge on any atom is -0.345 e. The van der Waals surface area contributed by atoms with Crippen molar-refractivity contribution in [3.8, 4) is 0 Å². The van der Waals surface area contributed by atoms with E-state index in [0.29, 0.717) is 18.9 Å². The molecule has 1 N–H and O–H groups in total. The Hall–Kier alpha value is -2.28. The van der Waals surface area contributed by atoms with Crippen molar-refractivity contribution in [2.75, 3.05) is 4.90 Å². The first-order valence-corrected chi connectivity index (χ1v) is 7.97. The Bertz CT molecular complexity index is 958. The number of aromatic amines is 1. The normalized spacial score (nSPS) is 13.9. The lowest BCUT2D eigenvalue weighted by atomic mass is 10.2. The number of aromatic nitrogens is 4. The molecule has 7 heteroatoms. The van der Waals surface area contributed by atoms with Crippen molar-refractivity contribution < 1.29 is 0 Å². The van der Waals surface area contributed by atoms with Gasteiger partial charge >= 0.3 is 0 Å². The zero-order valence-electron chi connectivity index (χ0n) is 12.6. The number of anilines is 1. The first-order valence-electron chi connectivity index (χ1n) is 7.09. The molecule has 1 aliphatic heterocycles. The maximum absolute atomic E-state index is 12.1. The number of thiophene rings is 1. The molecular formula is C15H15N5OS.